The van der Waals surface area contributed by atoms with Crippen molar-refractivity contribution in [2.45, 2.75) is 31.4 Å². The maximum atomic E-state index is 11.8. The highest BCUT2D eigenvalue weighted by atomic mass is 16.3. The van der Waals surface area contributed by atoms with E-state index in [0.717, 1.165) is 25.2 Å². The molecule has 6 heteroatoms. The summed E-state index contributed by atoms with van der Waals surface area (Å²) >= 11 is 0. The van der Waals surface area contributed by atoms with E-state index >= 15 is 0 Å². The summed E-state index contributed by atoms with van der Waals surface area (Å²) in [5.74, 6) is -0.0223. The summed E-state index contributed by atoms with van der Waals surface area (Å²) in [5, 5.41) is 17.4. The summed E-state index contributed by atoms with van der Waals surface area (Å²) in [6.45, 7) is 2.21. The first-order chi connectivity index (χ1) is 8.98. The molecule has 1 unspecified atom stereocenters. The maximum Gasteiger partial charge on any atom is 0.224 e. The van der Waals surface area contributed by atoms with Gasteiger partial charge in [0.1, 0.15) is 0 Å². The number of rotatable bonds is 4. The second kappa shape index (κ2) is 5.71. The second-order valence-corrected chi connectivity index (χ2v) is 5.59. The van der Waals surface area contributed by atoms with Gasteiger partial charge in [-0.1, -0.05) is 0 Å². The van der Waals surface area contributed by atoms with Crippen LogP contribution in [0.5, 0.6) is 0 Å². The van der Waals surface area contributed by atoms with Crippen molar-refractivity contribution in [2.24, 2.45) is 0 Å². The van der Waals surface area contributed by atoms with Crippen LogP contribution in [0.4, 0.5) is 0 Å². The van der Waals surface area contributed by atoms with Gasteiger partial charge in [-0.15, -0.1) is 0 Å². The third-order valence-electron chi connectivity index (χ3n) is 3.57. The van der Waals surface area contributed by atoms with Crippen LogP contribution in [0.1, 0.15) is 25.0 Å². The van der Waals surface area contributed by atoms with Crippen molar-refractivity contribution in [3.8, 4) is 0 Å². The Hall–Kier alpha value is -1.40. The number of nitrogens with zero attached hydrogens (tertiary/aromatic N) is 3. The smallest absolute Gasteiger partial charge is 0.224 e. The van der Waals surface area contributed by atoms with Crippen LogP contribution in [0, 0.1) is 0 Å². The molecule has 1 amide bonds. The van der Waals surface area contributed by atoms with E-state index in [1.807, 2.05) is 6.07 Å². The number of aromatic nitrogens is 2. The molecule has 19 heavy (non-hydrogen) atoms. The van der Waals surface area contributed by atoms with Gasteiger partial charge in [-0.2, -0.15) is 5.10 Å². The van der Waals surface area contributed by atoms with Crippen LogP contribution in [-0.4, -0.2) is 63.8 Å². The molecule has 2 N–H and O–H groups in total. The maximum absolute atomic E-state index is 11.8. The van der Waals surface area contributed by atoms with Crippen molar-refractivity contribution in [1.82, 2.24) is 20.0 Å². The van der Waals surface area contributed by atoms with E-state index in [1.54, 1.807) is 20.3 Å². The fraction of sp³-hybridized carbons (Fsp3) is 0.692. The quantitative estimate of drug-likeness (QED) is 0.817. The minimum absolute atomic E-state index is 0.0223. The minimum atomic E-state index is -0.903. The van der Waals surface area contributed by atoms with Crippen LogP contribution >= 0.6 is 0 Å². The first-order valence-corrected chi connectivity index (χ1v) is 6.62. The number of nitrogens with one attached hydrogen (secondary N) is 1. The zero-order valence-electron chi connectivity index (χ0n) is 11.6. The van der Waals surface area contributed by atoms with Crippen molar-refractivity contribution in [2.75, 3.05) is 27.2 Å². The van der Waals surface area contributed by atoms with E-state index in [0.29, 0.717) is 13.0 Å². The number of hydrogen-bond acceptors (Lipinski definition) is 4. The molecule has 1 aliphatic heterocycles. The standard InChI is InChI=1S/C13H22N4O2/c1-16(2)12(18)8-13(19)5-3-7-17(10-13)9-11-4-6-14-15-11/h4,6,19H,3,5,7-10H2,1-2H3,(H,14,15). The van der Waals surface area contributed by atoms with Crippen LogP contribution in [0.15, 0.2) is 12.3 Å². The summed E-state index contributed by atoms with van der Waals surface area (Å²) in [6.07, 6.45) is 3.51. The molecule has 6 nitrogen and oxygen atoms in total. The molecular weight excluding hydrogens is 244 g/mol. The molecule has 0 saturated carbocycles. The van der Waals surface area contributed by atoms with E-state index in [-0.39, 0.29) is 12.3 Å². The number of aliphatic hydroxyl groups is 1. The Morgan fingerprint density at radius 3 is 3.05 bits per heavy atom. The predicted octanol–water partition coefficient (Wildman–Crippen LogP) is 0.215. The van der Waals surface area contributed by atoms with Gasteiger partial charge in [0.2, 0.25) is 5.91 Å². The minimum Gasteiger partial charge on any atom is -0.388 e. The van der Waals surface area contributed by atoms with E-state index in [9.17, 15) is 9.90 Å². The van der Waals surface area contributed by atoms with Gasteiger partial charge in [-0.05, 0) is 25.5 Å². The van der Waals surface area contributed by atoms with Gasteiger partial charge in [-0.3, -0.25) is 14.8 Å². The van der Waals surface area contributed by atoms with Gasteiger partial charge < -0.3 is 10.0 Å². The van der Waals surface area contributed by atoms with Gasteiger partial charge in [0.05, 0.1) is 12.0 Å². The predicted molar refractivity (Wildman–Crippen MR) is 71.4 cm³/mol. The zero-order chi connectivity index (χ0) is 13.9. The lowest BCUT2D eigenvalue weighted by Crippen LogP contribution is -2.50. The lowest BCUT2D eigenvalue weighted by molar-refractivity contribution is -0.136. The van der Waals surface area contributed by atoms with Crippen LogP contribution in [0.3, 0.4) is 0 Å². The average molecular weight is 266 g/mol. The van der Waals surface area contributed by atoms with Gasteiger partial charge >= 0.3 is 0 Å². The molecule has 0 radical (unpaired) electrons. The van der Waals surface area contributed by atoms with Gasteiger partial charge in [0.25, 0.3) is 0 Å². The molecule has 1 fully saturated rings. The van der Waals surface area contributed by atoms with Crippen molar-refractivity contribution < 1.29 is 9.90 Å². The van der Waals surface area contributed by atoms with Gasteiger partial charge in [0.15, 0.2) is 0 Å². The molecule has 1 saturated heterocycles. The van der Waals surface area contributed by atoms with E-state index < -0.39 is 5.60 Å². The molecule has 1 aliphatic rings. The van der Waals surface area contributed by atoms with Crippen molar-refractivity contribution >= 4 is 5.91 Å². The number of piperidine rings is 1. The third-order valence-corrected chi connectivity index (χ3v) is 3.57. The Bertz CT molecular complexity index is 418. The highest BCUT2D eigenvalue weighted by molar-refractivity contribution is 5.76. The van der Waals surface area contributed by atoms with Crippen molar-refractivity contribution in [1.29, 1.82) is 0 Å². The third kappa shape index (κ3) is 3.78. The Morgan fingerprint density at radius 2 is 2.42 bits per heavy atom. The van der Waals surface area contributed by atoms with E-state index in [1.165, 1.54) is 4.90 Å². The van der Waals surface area contributed by atoms with Gasteiger partial charge in [-0.25, -0.2) is 0 Å². The number of amides is 1. The van der Waals surface area contributed by atoms with Crippen molar-refractivity contribution in [3.63, 3.8) is 0 Å². The van der Waals surface area contributed by atoms with E-state index in [4.69, 9.17) is 0 Å². The van der Waals surface area contributed by atoms with E-state index in [2.05, 4.69) is 15.1 Å². The highest BCUT2D eigenvalue weighted by Gasteiger charge is 2.35. The van der Waals surface area contributed by atoms with Crippen LogP contribution in [0.25, 0.3) is 0 Å². The number of carbonyl (C=O) groups excluding carboxylic acids is 1. The number of hydrogen-bond donors (Lipinski definition) is 2. The molecule has 2 rings (SSSR count). The molecule has 0 aliphatic carbocycles. The molecule has 1 atom stereocenters. The molecule has 0 aromatic carbocycles. The summed E-state index contributed by atoms with van der Waals surface area (Å²) in [5.41, 5.74) is 0.128. The number of carbonyl (C=O) groups is 1. The monoisotopic (exact) mass is 266 g/mol. The second-order valence-electron chi connectivity index (χ2n) is 5.59. The summed E-state index contributed by atoms with van der Waals surface area (Å²) < 4.78 is 0. The fourth-order valence-corrected chi connectivity index (χ4v) is 2.54. The van der Waals surface area contributed by atoms with Gasteiger partial charge in [0, 0.05) is 39.1 Å². The Kier molecular flexibility index (Phi) is 4.21. The molecular formula is C13H22N4O2. The fourth-order valence-electron chi connectivity index (χ4n) is 2.54. The normalized spacial score (nSPS) is 24.4. The first kappa shape index (κ1) is 14.0. The first-order valence-electron chi connectivity index (χ1n) is 6.62. The molecule has 1 aromatic heterocycles. The Morgan fingerprint density at radius 1 is 1.63 bits per heavy atom. The lowest BCUT2D eigenvalue weighted by atomic mass is 9.89. The van der Waals surface area contributed by atoms with Crippen LogP contribution in [-0.2, 0) is 11.3 Å². The molecule has 0 bridgehead atoms. The number of H-pyrrole nitrogens is 1. The van der Waals surface area contributed by atoms with Crippen molar-refractivity contribution in [3.05, 3.63) is 18.0 Å². The SMILES string of the molecule is CN(C)C(=O)CC1(O)CCCN(Cc2ccn[nH]2)C1. The highest BCUT2D eigenvalue weighted by Crippen LogP contribution is 2.25. The Labute approximate surface area is 113 Å². The summed E-state index contributed by atoms with van der Waals surface area (Å²) in [4.78, 5) is 15.5. The molecule has 106 valence electrons. The summed E-state index contributed by atoms with van der Waals surface area (Å²) in [7, 11) is 3.44. The molecule has 1 aromatic rings. The number of β-amino-alcohol motifs (C(OH)–C–C–N with tert-alkyl or cyclic N) is 1. The topological polar surface area (TPSA) is 72.5 Å². The summed E-state index contributed by atoms with van der Waals surface area (Å²) in [6, 6.07) is 1.93. The van der Waals surface area contributed by atoms with Crippen LogP contribution in [0.2, 0.25) is 0 Å². The van der Waals surface area contributed by atoms with Crippen LogP contribution < -0.4 is 0 Å². The number of aromatic amines is 1. The molecule has 2 heterocycles. The average Bonchev–Trinajstić information content (AvgIpc) is 2.81. The largest absolute Gasteiger partial charge is 0.388 e. The number of likely N-dealkylation sites (tertiary alicyclic amines) is 1. The Balaban J connectivity index is 1.93. The molecule has 0 spiro atoms. The lowest BCUT2D eigenvalue weighted by Gasteiger charge is -2.39. The zero-order valence-corrected chi connectivity index (χ0v) is 11.6.